The van der Waals surface area contributed by atoms with Crippen molar-refractivity contribution in [2.75, 3.05) is 36.5 Å². The monoisotopic (exact) mass is 416 g/mol. The largest absolute Gasteiger partial charge is 0.378 e. The van der Waals surface area contributed by atoms with Crippen LogP contribution in [0, 0.1) is 5.95 Å². The third-order valence-electron chi connectivity index (χ3n) is 4.61. The summed E-state index contributed by atoms with van der Waals surface area (Å²) >= 11 is 0. The standard InChI is InChI=1S/C20H19F3N6O/c1-20(22,23)15-4-2-13(3-5-15)14-10-18(28-24-12-14)26-17-11-16(21)25-19(27-17)29-6-8-30-9-7-29/h2-5,10-12H,6-9H2,1H3,(H,25,26,27,28). The average molecular weight is 416 g/mol. The van der Waals surface area contributed by atoms with Gasteiger partial charge in [0, 0.05) is 37.2 Å². The number of nitrogens with one attached hydrogen (secondary N) is 1. The van der Waals surface area contributed by atoms with Gasteiger partial charge in [-0.15, -0.1) is 5.10 Å². The zero-order valence-corrected chi connectivity index (χ0v) is 16.1. The van der Waals surface area contributed by atoms with Crippen molar-refractivity contribution in [1.29, 1.82) is 0 Å². The van der Waals surface area contributed by atoms with E-state index in [1.54, 1.807) is 18.2 Å². The number of nitrogens with zero attached hydrogens (tertiary/aromatic N) is 5. The van der Waals surface area contributed by atoms with Gasteiger partial charge < -0.3 is 15.0 Å². The van der Waals surface area contributed by atoms with E-state index in [1.165, 1.54) is 18.3 Å². The van der Waals surface area contributed by atoms with E-state index in [4.69, 9.17) is 4.74 Å². The van der Waals surface area contributed by atoms with Gasteiger partial charge in [-0.05, 0) is 11.6 Å². The third-order valence-corrected chi connectivity index (χ3v) is 4.61. The van der Waals surface area contributed by atoms with Gasteiger partial charge in [0.2, 0.25) is 11.9 Å². The highest BCUT2D eigenvalue weighted by molar-refractivity contribution is 5.67. The second-order valence-corrected chi connectivity index (χ2v) is 6.90. The molecule has 4 rings (SSSR count). The average Bonchev–Trinajstić information content (AvgIpc) is 2.74. The first-order chi connectivity index (χ1) is 14.4. The molecule has 0 saturated carbocycles. The molecule has 3 aromatic rings. The maximum Gasteiger partial charge on any atom is 0.270 e. The van der Waals surface area contributed by atoms with E-state index in [2.05, 4.69) is 25.5 Å². The lowest BCUT2D eigenvalue weighted by molar-refractivity contribution is 0.0175. The minimum absolute atomic E-state index is 0.0706. The third kappa shape index (κ3) is 4.65. The molecule has 7 nitrogen and oxygen atoms in total. The summed E-state index contributed by atoms with van der Waals surface area (Å²) in [4.78, 5) is 10.0. The molecule has 0 bridgehead atoms. The highest BCUT2D eigenvalue weighted by Gasteiger charge is 2.23. The molecule has 2 aromatic heterocycles. The molecule has 0 radical (unpaired) electrons. The molecule has 0 spiro atoms. The summed E-state index contributed by atoms with van der Waals surface area (Å²) in [7, 11) is 0. The number of hydrogen-bond donors (Lipinski definition) is 1. The van der Waals surface area contributed by atoms with Crippen molar-refractivity contribution in [2.45, 2.75) is 12.8 Å². The predicted octanol–water partition coefficient (Wildman–Crippen LogP) is 3.76. The molecule has 1 aromatic carbocycles. The van der Waals surface area contributed by atoms with Crippen LogP contribution < -0.4 is 10.2 Å². The second kappa shape index (κ2) is 8.23. The molecular formula is C20H19F3N6O. The topological polar surface area (TPSA) is 76.1 Å². The van der Waals surface area contributed by atoms with Crippen LogP contribution in [0.4, 0.5) is 30.8 Å². The Balaban J connectivity index is 1.55. The maximum absolute atomic E-state index is 14.0. The van der Waals surface area contributed by atoms with Crippen LogP contribution in [-0.2, 0) is 10.7 Å². The lowest BCUT2D eigenvalue weighted by atomic mass is 10.0. The SMILES string of the molecule is CC(F)(F)c1ccc(-c2cnnc(Nc3cc(F)nc(N4CCOCC4)n3)c2)cc1. The molecule has 1 fully saturated rings. The molecule has 30 heavy (non-hydrogen) atoms. The van der Waals surface area contributed by atoms with Gasteiger partial charge >= 0.3 is 0 Å². The fraction of sp³-hybridized carbons (Fsp3) is 0.300. The number of alkyl halides is 2. The summed E-state index contributed by atoms with van der Waals surface area (Å²) in [5, 5.41) is 10.9. The lowest BCUT2D eigenvalue weighted by Crippen LogP contribution is -2.37. The fourth-order valence-electron chi connectivity index (χ4n) is 3.05. The number of ether oxygens (including phenoxy) is 1. The molecule has 0 unspecified atom stereocenters. The van der Waals surface area contributed by atoms with Gasteiger partial charge in [0.1, 0.15) is 5.82 Å². The quantitative estimate of drug-likeness (QED) is 0.635. The van der Waals surface area contributed by atoms with Crippen LogP contribution in [0.3, 0.4) is 0 Å². The Labute approximate surface area is 170 Å². The first-order valence-corrected chi connectivity index (χ1v) is 9.34. The van der Waals surface area contributed by atoms with E-state index in [9.17, 15) is 13.2 Å². The lowest BCUT2D eigenvalue weighted by Gasteiger charge is -2.26. The Hall–Kier alpha value is -3.27. The fourth-order valence-corrected chi connectivity index (χ4v) is 3.05. The van der Waals surface area contributed by atoms with Gasteiger partial charge in [0.25, 0.3) is 5.92 Å². The Morgan fingerprint density at radius 2 is 1.73 bits per heavy atom. The Bertz CT molecular complexity index is 1020. The molecule has 0 atom stereocenters. The van der Waals surface area contributed by atoms with E-state index < -0.39 is 11.9 Å². The highest BCUT2D eigenvalue weighted by atomic mass is 19.3. The van der Waals surface area contributed by atoms with E-state index >= 15 is 0 Å². The van der Waals surface area contributed by atoms with E-state index in [0.29, 0.717) is 43.2 Å². The number of benzene rings is 1. The van der Waals surface area contributed by atoms with Gasteiger partial charge in [0.15, 0.2) is 5.82 Å². The summed E-state index contributed by atoms with van der Waals surface area (Å²) in [5.41, 5.74) is 1.30. The van der Waals surface area contributed by atoms with E-state index in [-0.39, 0.29) is 17.3 Å². The molecule has 156 valence electrons. The molecule has 1 aliphatic heterocycles. The van der Waals surface area contributed by atoms with Crippen LogP contribution in [0.1, 0.15) is 12.5 Å². The van der Waals surface area contributed by atoms with Crippen LogP contribution in [0.2, 0.25) is 0 Å². The number of halogens is 3. The molecule has 10 heteroatoms. The first kappa shape index (κ1) is 20.0. The van der Waals surface area contributed by atoms with Gasteiger partial charge in [0.05, 0.1) is 19.4 Å². The minimum Gasteiger partial charge on any atom is -0.378 e. The van der Waals surface area contributed by atoms with Crippen LogP contribution in [-0.4, -0.2) is 46.5 Å². The maximum atomic E-state index is 14.0. The predicted molar refractivity (Wildman–Crippen MR) is 105 cm³/mol. The summed E-state index contributed by atoms with van der Waals surface area (Å²) in [6, 6.07) is 8.77. The smallest absolute Gasteiger partial charge is 0.270 e. The van der Waals surface area contributed by atoms with Crippen molar-refractivity contribution in [3.8, 4) is 11.1 Å². The molecular weight excluding hydrogens is 397 g/mol. The Morgan fingerprint density at radius 1 is 1.00 bits per heavy atom. The number of anilines is 3. The van der Waals surface area contributed by atoms with Crippen LogP contribution in [0.15, 0.2) is 42.6 Å². The first-order valence-electron chi connectivity index (χ1n) is 9.34. The number of aromatic nitrogens is 4. The summed E-state index contributed by atoms with van der Waals surface area (Å²) in [5.74, 6) is -2.74. The molecule has 0 amide bonds. The second-order valence-electron chi connectivity index (χ2n) is 6.90. The van der Waals surface area contributed by atoms with E-state index in [1.807, 2.05) is 4.90 Å². The van der Waals surface area contributed by atoms with Crippen LogP contribution >= 0.6 is 0 Å². The van der Waals surface area contributed by atoms with Crippen molar-refractivity contribution in [2.24, 2.45) is 0 Å². The van der Waals surface area contributed by atoms with Crippen LogP contribution in [0.5, 0.6) is 0 Å². The summed E-state index contributed by atoms with van der Waals surface area (Å²) in [6.07, 6.45) is 1.52. The number of morpholine rings is 1. The Morgan fingerprint density at radius 3 is 2.43 bits per heavy atom. The molecule has 0 aliphatic carbocycles. The van der Waals surface area contributed by atoms with Crippen molar-refractivity contribution in [3.05, 3.63) is 54.1 Å². The summed E-state index contributed by atoms with van der Waals surface area (Å²) < 4.78 is 46.1. The van der Waals surface area contributed by atoms with Crippen LogP contribution in [0.25, 0.3) is 11.1 Å². The van der Waals surface area contributed by atoms with Gasteiger partial charge in [-0.3, -0.25) is 0 Å². The zero-order valence-electron chi connectivity index (χ0n) is 16.1. The zero-order chi connectivity index (χ0) is 21.1. The highest BCUT2D eigenvalue weighted by Crippen LogP contribution is 2.29. The Kier molecular flexibility index (Phi) is 5.49. The minimum atomic E-state index is -2.91. The number of rotatable bonds is 5. The normalized spacial score (nSPS) is 14.6. The van der Waals surface area contributed by atoms with Crippen molar-refractivity contribution >= 4 is 17.6 Å². The molecule has 1 N–H and O–H groups in total. The summed E-state index contributed by atoms with van der Waals surface area (Å²) in [6.45, 7) is 3.05. The van der Waals surface area contributed by atoms with Gasteiger partial charge in [-0.25, -0.2) is 8.78 Å². The van der Waals surface area contributed by atoms with Crippen molar-refractivity contribution < 1.29 is 17.9 Å². The van der Waals surface area contributed by atoms with Gasteiger partial charge in [-0.2, -0.15) is 19.5 Å². The van der Waals surface area contributed by atoms with E-state index in [0.717, 1.165) is 13.0 Å². The number of hydrogen-bond acceptors (Lipinski definition) is 7. The van der Waals surface area contributed by atoms with Gasteiger partial charge in [-0.1, -0.05) is 24.3 Å². The molecule has 1 aliphatic rings. The van der Waals surface area contributed by atoms with Crippen molar-refractivity contribution in [1.82, 2.24) is 20.2 Å². The molecule has 1 saturated heterocycles. The van der Waals surface area contributed by atoms with Crippen molar-refractivity contribution in [3.63, 3.8) is 0 Å². The molecule has 3 heterocycles.